The lowest BCUT2D eigenvalue weighted by Gasteiger charge is -2.22. The van der Waals surface area contributed by atoms with Crippen molar-refractivity contribution in [3.63, 3.8) is 0 Å². The number of anilines is 2. The Morgan fingerprint density at radius 1 is 1.07 bits per heavy atom. The molecule has 0 saturated carbocycles. The zero-order valence-corrected chi connectivity index (χ0v) is 23.6. The molecule has 1 aromatic heterocycles. The van der Waals surface area contributed by atoms with Crippen LogP contribution in [0.3, 0.4) is 0 Å². The number of halogens is 1. The monoisotopic (exact) mass is 578 g/mol. The van der Waals surface area contributed by atoms with Gasteiger partial charge in [-0.25, -0.2) is 19.6 Å². The Bertz CT molecular complexity index is 1220. The summed E-state index contributed by atoms with van der Waals surface area (Å²) >= 11 is 5.79. The molecule has 0 aliphatic rings. The van der Waals surface area contributed by atoms with Crippen molar-refractivity contribution < 1.29 is 28.6 Å². The number of rotatable bonds is 11. The van der Waals surface area contributed by atoms with Crippen molar-refractivity contribution in [2.45, 2.75) is 51.7 Å². The third-order valence-corrected chi connectivity index (χ3v) is 5.31. The number of aliphatic imine (C=N–C) groups is 1. The van der Waals surface area contributed by atoms with Crippen molar-refractivity contribution in [2.75, 3.05) is 31.7 Å². The minimum absolute atomic E-state index is 0.0840. The molecule has 2 aromatic rings. The molecular weight excluding hydrogens is 544 g/mol. The first-order valence-corrected chi connectivity index (χ1v) is 12.7. The van der Waals surface area contributed by atoms with Crippen LogP contribution >= 0.6 is 11.6 Å². The van der Waals surface area contributed by atoms with E-state index in [0.717, 1.165) is 18.4 Å². The number of aryl methyl sites for hydroxylation is 1. The van der Waals surface area contributed by atoms with Gasteiger partial charge in [0.2, 0.25) is 0 Å². The molecule has 218 valence electrons. The topological polar surface area (TPSA) is 219 Å². The molecule has 0 saturated heterocycles. The highest BCUT2D eigenvalue weighted by molar-refractivity contribution is 6.31. The van der Waals surface area contributed by atoms with E-state index in [9.17, 15) is 14.4 Å². The summed E-state index contributed by atoms with van der Waals surface area (Å²) in [7, 11) is 1.22. The molecule has 0 bridgehead atoms. The lowest BCUT2D eigenvalue weighted by molar-refractivity contribution is -0.143. The molecular formula is C25H35ClN8O6. The summed E-state index contributed by atoms with van der Waals surface area (Å²) in [5, 5.41) is 4.69. The van der Waals surface area contributed by atoms with E-state index in [4.69, 9.17) is 43.0 Å². The zero-order valence-electron chi connectivity index (χ0n) is 22.8. The summed E-state index contributed by atoms with van der Waals surface area (Å²) in [6.45, 7) is 5.40. The van der Waals surface area contributed by atoms with Crippen LogP contribution < -0.4 is 32.6 Å². The Balaban J connectivity index is 1.77. The molecule has 1 heterocycles. The summed E-state index contributed by atoms with van der Waals surface area (Å²) in [5.74, 6) is -1.19. The van der Waals surface area contributed by atoms with Crippen LogP contribution in [-0.4, -0.2) is 65.8 Å². The summed E-state index contributed by atoms with van der Waals surface area (Å²) in [4.78, 5) is 48.0. The number of methoxy groups -OCH3 is 1. The van der Waals surface area contributed by atoms with Gasteiger partial charge >= 0.3 is 12.1 Å². The highest BCUT2D eigenvalue weighted by Gasteiger charge is 2.25. The number of esters is 1. The molecule has 0 aliphatic heterocycles. The van der Waals surface area contributed by atoms with Gasteiger partial charge < -0.3 is 36.7 Å². The second kappa shape index (κ2) is 14.7. The predicted molar refractivity (Wildman–Crippen MR) is 150 cm³/mol. The third kappa shape index (κ3) is 10.8. The second-order valence-electron chi connectivity index (χ2n) is 9.49. The second-order valence-corrected chi connectivity index (χ2v) is 9.85. The highest BCUT2D eigenvalue weighted by Crippen LogP contribution is 2.17. The molecule has 14 nitrogen and oxygen atoms in total. The number of nitrogens with two attached hydrogens (primary N) is 3. The van der Waals surface area contributed by atoms with Gasteiger partial charge in [0.1, 0.15) is 18.0 Å². The van der Waals surface area contributed by atoms with Gasteiger partial charge in [0, 0.05) is 6.54 Å². The maximum atomic E-state index is 12.3. The van der Waals surface area contributed by atoms with Crippen LogP contribution in [0.2, 0.25) is 5.15 Å². The van der Waals surface area contributed by atoms with Gasteiger partial charge in [-0.3, -0.25) is 15.1 Å². The first-order valence-electron chi connectivity index (χ1n) is 12.3. The number of unbranched alkanes of at least 4 members (excludes halogenated alkanes) is 1. The van der Waals surface area contributed by atoms with Crippen LogP contribution in [0.5, 0.6) is 5.75 Å². The Morgan fingerprint density at radius 2 is 1.75 bits per heavy atom. The maximum Gasteiger partial charge on any atom is 0.408 e. The fourth-order valence-corrected chi connectivity index (χ4v) is 3.28. The number of aromatic nitrogens is 2. The summed E-state index contributed by atoms with van der Waals surface area (Å²) < 4.78 is 15.6. The van der Waals surface area contributed by atoms with Crippen molar-refractivity contribution in [3.05, 3.63) is 40.7 Å². The number of ether oxygens (including phenoxy) is 3. The molecule has 1 unspecified atom stereocenters. The van der Waals surface area contributed by atoms with E-state index in [1.165, 1.54) is 7.11 Å². The number of carbonyl (C=O) groups excluding carboxylic acids is 3. The molecule has 8 N–H and O–H groups in total. The molecule has 0 aliphatic carbocycles. The van der Waals surface area contributed by atoms with E-state index >= 15 is 0 Å². The molecule has 40 heavy (non-hydrogen) atoms. The quantitative estimate of drug-likeness (QED) is 0.112. The predicted octanol–water partition coefficient (Wildman–Crippen LogP) is 1.81. The van der Waals surface area contributed by atoms with Gasteiger partial charge in [-0.2, -0.15) is 0 Å². The molecule has 0 fully saturated rings. The number of benzene rings is 1. The van der Waals surface area contributed by atoms with Gasteiger partial charge in [-0.1, -0.05) is 23.7 Å². The average molecular weight is 579 g/mol. The lowest BCUT2D eigenvalue weighted by Crippen LogP contribution is -2.47. The van der Waals surface area contributed by atoms with E-state index in [1.54, 1.807) is 32.9 Å². The number of nitrogens with zero attached hydrogens (tertiary/aromatic N) is 3. The normalized spacial score (nSPS) is 12.3. The van der Waals surface area contributed by atoms with Crippen LogP contribution in [0, 0.1) is 0 Å². The number of nitrogen functional groups attached to an aromatic ring is 2. The standard InChI is InChI=1S/C25H35ClN8O6/c1-25(2,3)40-24(37)31-16(22(36)38-4)13-39-15-10-8-14(9-11-15)7-5-6-12-30-23(29)34-21(35)17-19(27)33-20(28)18(26)32-17/h8-11,16H,5-7,12-13H2,1-4H3,(H,31,37)(H4,27,28,33)(H3,29,30,34,35). The van der Waals surface area contributed by atoms with E-state index in [-0.39, 0.29) is 35.0 Å². The van der Waals surface area contributed by atoms with Crippen LogP contribution in [0.1, 0.15) is 49.7 Å². The zero-order chi connectivity index (χ0) is 29.9. The van der Waals surface area contributed by atoms with Crippen molar-refractivity contribution in [3.8, 4) is 5.75 Å². The van der Waals surface area contributed by atoms with Crippen LogP contribution in [0.4, 0.5) is 16.4 Å². The molecule has 1 atom stereocenters. The average Bonchev–Trinajstić information content (AvgIpc) is 2.87. The molecule has 2 amide bonds. The Morgan fingerprint density at radius 3 is 2.38 bits per heavy atom. The minimum Gasteiger partial charge on any atom is -0.491 e. The highest BCUT2D eigenvalue weighted by atomic mass is 35.5. The number of hydrogen-bond acceptors (Lipinski definition) is 11. The van der Waals surface area contributed by atoms with E-state index in [1.807, 2.05) is 12.1 Å². The van der Waals surface area contributed by atoms with Crippen LogP contribution in [0.15, 0.2) is 29.3 Å². The van der Waals surface area contributed by atoms with Crippen LogP contribution in [-0.2, 0) is 20.7 Å². The Hall–Kier alpha value is -4.33. The minimum atomic E-state index is -1.04. The number of carbonyl (C=O) groups is 3. The number of nitrogens with one attached hydrogen (secondary N) is 2. The number of alkyl carbamates (subject to hydrolysis) is 1. The fourth-order valence-electron chi connectivity index (χ4n) is 3.16. The molecule has 15 heteroatoms. The summed E-state index contributed by atoms with van der Waals surface area (Å²) in [6.07, 6.45) is 1.53. The summed E-state index contributed by atoms with van der Waals surface area (Å²) in [6, 6.07) is 6.28. The van der Waals surface area contributed by atoms with Gasteiger partial charge in [-0.15, -0.1) is 0 Å². The van der Waals surface area contributed by atoms with E-state index < -0.39 is 29.6 Å². The number of guanidine groups is 1. The first-order chi connectivity index (χ1) is 18.8. The summed E-state index contributed by atoms with van der Waals surface area (Å²) in [5.41, 5.74) is 17.1. The van der Waals surface area contributed by atoms with Gasteiger partial charge in [0.05, 0.1) is 7.11 Å². The fraction of sp³-hybridized carbons (Fsp3) is 0.440. The molecule has 0 radical (unpaired) electrons. The Kier molecular flexibility index (Phi) is 11.7. The third-order valence-electron chi connectivity index (χ3n) is 5.03. The molecule has 1 aromatic carbocycles. The van der Waals surface area contributed by atoms with E-state index in [0.29, 0.717) is 18.7 Å². The van der Waals surface area contributed by atoms with Gasteiger partial charge in [0.15, 0.2) is 34.5 Å². The molecule has 2 rings (SSSR count). The van der Waals surface area contributed by atoms with Crippen molar-refractivity contribution in [1.29, 1.82) is 0 Å². The van der Waals surface area contributed by atoms with Crippen molar-refractivity contribution in [2.24, 2.45) is 10.7 Å². The largest absolute Gasteiger partial charge is 0.491 e. The number of hydrogen-bond donors (Lipinski definition) is 5. The first kappa shape index (κ1) is 31.9. The maximum absolute atomic E-state index is 12.3. The van der Waals surface area contributed by atoms with Crippen LogP contribution in [0.25, 0.3) is 0 Å². The SMILES string of the molecule is COC(=O)C(COc1ccc(CCCCN=C(N)NC(=O)c2nc(Cl)c(N)nc2N)cc1)NC(=O)OC(C)(C)C. The molecule has 0 spiro atoms. The van der Waals surface area contributed by atoms with Gasteiger partial charge in [0.25, 0.3) is 5.91 Å². The number of amides is 2. The lowest BCUT2D eigenvalue weighted by atomic mass is 10.1. The van der Waals surface area contributed by atoms with E-state index in [2.05, 4.69) is 25.6 Å². The Labute approximate surface area is 237 Å². The van der Waals surface area contributed by atoms with Crippen molar-refractivity contribution >= 4 is 47.2 Å². The van der Waals surface area contributed by atoms with Gasteiger partial charge in [-0.05, 0) is 57.7 Å². The van der Waals surface area contributed by atoms with Crippen molar-refractivity contribution in [1.82, 2.24) is 20.6 Å². The smallest absolute Gasteiger partial charge is 0.408 e.